The fourth-order valence-corrected chi connectivity index (χ4v) is 4.25. The lowest BCUT2D eigenvalue weighted by atomic mass is 10.3. The first-order valence-corrected chi connectivity index (χ1v) is 11.2. The third-order valence-corrected chi connectivity index (χ3v) is 6.63. The van der Waals surface area contributed by atoms with Crippen molar-refractivity contribution in [1.29, 1.82) is 0 Å². The van der Waals surface area contributed by atoms with Gasteiger partial charge in [-0.25, -0.2) is 4.98 Å². The lowest BCUT2D eigenvalue weighted by Gasteiger charge is -2.10. The van der Waals surface area contributed by atoms with Crippen LogP contribution in [0.3, 0.4) is 0 Å². The molecule has 2 aromatic heterocycles. The number of thioether (sulfide) groups is 1. The Hall–Kier alpha value is -2.92. The number of ether oxygens (including phenoxy) is 1. The van der Waals surface area contributed by atoms with E-state index in [1.807, 2.05) is 13.8 Å². The van der Waals surface area contributed by atoms with Crippen LogP contribution in [0.2, 0.25) is 0 Å². The number of rotatable bonds is 8. The zero-order valence-corrected chi connectivity index (χ0v) is 19.6. The number of hydrogen-bond donors (Lipinski definition) is 2. The van der Waals surface area contributed by atoms with Crippen LogP contribution in [0, 0.1) is 13.8 Å². The van der Waals surface area contributed by atoms with E-state index in [2.05, 4.69) is 25.8 Å². The number of aryl methyl sites for hydroxylation is 2. The number of thiazole rings is 1. The largest absolute Gasteiger partial charge is 0.497 e. The van der Waals surface area contributed by atoms with E-state index in [0.717, 1.165) is 10.6 Å². The van der Waals surface area contributed by atoms with Crippen molar-refractivity contribution in [2.24, 2.45) is 7.05 Å². The fourth-order valence-electron chi connectivity index (χ4n) is 2.60. The minimum atomic E-state index is -0.411. The Kier molecular flexibility index (Phi) is 7.29. The number of methoxy groups -OCH3 is 1. The summed E-state index contributed by atoms with van der Waals surface area (Å²) >= 11 is 2.72. The number of hydrogen-bond acceptors (Lipinski definition) is 8. The highest BCUT2D eigenvalue weighted by molar-refractivity contribution is 8.00. The van der Waals surface area contributed by atoms with Gasteiger partial charge in [-0.05, 0) is 32.9 Å². The standard InChI is InChI=1S/C20H24N6O3S2/c1-11-12(2)30-19(21-11)23-18(28)13(3)31-20-25-24-16(26(20)4)10-17(27)22-14-7-6-8-15(9-14)29-5/h6-9,13H,10H2,1-5H3,(H,22,27)(H,21,23,28)/t13-/m0/s1. The van der Waals surface area contributed by atoms with Crippen LogP contribution in [0.15, 0.2) is 29.4 Å². The lowest BCUT2D eigenvalue weighted by Crippen LogP contribution is -2.23. The molecule has 0 fully saturated rings. The van der Waals surface area contributed by atoms with Gasteiger partial charge in [-0.1, -0.05) is 17.8 Å². The fraction of sp³-hybridized carbons (Fsp3) is 0.350. The van der Waals surface area contributed by atoms with Crippen molar-refractivity contribution in [1.82, 2.24) is 19.7 Å². The van der Waals surface area contributed by atoms with E-state index in [9.17, 15) is 9.59 Å². The second kappa shape index (κ2) is 9.92. The average molecular weight is 461 g/mol. The van der Waals surface area contributed by atoms with Crippen LogP contribution >= 0.6 is 23.1 Å². The molecular formula is C20H24N6O3S2. The van der Waals surface area contributed by atoms with Gasteiger partial charge in [0, 0.05) is 23.7 Å². The first kappa shape index (κ1) is 22.8. The summed E-state index contributed by atoms with van der Waals surface area (Å²) in [6.07, 6.45) is 0.0551. The molecule has 1 atom stereocenters. The molecule has 0 aliphatic rings. The van der Waals surface area contributed by atoms with Crippen LogP contribution in [-0.4, -0.2) is 43.9 Å². The molecule has 0 aliphatic carbocycles. The zero-order chi connectivity index (χ0) is 22.5. The molecule has 2 N–H and O–H groups in total. The van der Waals surface area contributed by atoms with Gasteiger partial charge >= 0.3 is 0 Å². The quantitative estimate of drug-likeness (QED) is 0.497. The molecule has 11 heteroatoms. The predicted molar refractivity (Wildman–Crippen MR) is 122 cm³/mol. The highest BCUT2D eigenvalue weighted by Crippen LogP contribution is 2.25. The number of nitrogens with one attached hydrogen (secondary N) is 2. The zero-order valence-electron chi connectivity index (χ0n) is 17.9. The second-order valence-electron chi connectivity index (χ2n) is 6.82. The van der Waals surface area contributed by atoms with Crippen molar-refractivity contribution in [2.75, 3.05) is 17.7 Å². The minimum absolute atomic E-state index is 0.0551. The van der Waals surface area contributed by atoms with Gasteiger partial charge in [-0.15, -0.1) is 21.5 Å². The van der Waals surface area contributed by atoms with Crippen molar-refractivity contribution in [2.45, 2.75) is 37.6 Å². The number of carbonyl (C=O) groups is 2. The molecule has 0 bridgehead atoms. The average Bonchev–Trinajstić information content (AvgIpc) is 3.23. The van der Waals surface area contributed by atoms with Gasteiger partial charge in [-0.3, -0.25) is 9.59 Å². The highest BCUT2D eigenvalue weighted by atomic mass is 32.2. The molecule has 3 aromatic rings. The van der Waals surface area contributed by atoms with Crippen LogP contribution < -0.4 is 15.4 Å². The second-order valence-corrected chi connectivity index (χ2v) is 9.34. The van der Waals surface area contributed by atoms with E-state index in [0.29, 0.717) is 27.5 Å². The molecule has 0 aliphatic heterocycles. The van der Waals surface area contributed by atoms with Crippen LogP contribution in [-0.2, 0) is 23.1 Å². The molecule has 0 saturated carbocycles. The number of anilines is 2. The molecule has 31 heavy (non-hydrogen) atoms. The van der Waals surface area contributed by atoms with E-state index in [-0.39, 0.29) is 18.2 Å². The van der Waals surface area contributed by atoms with Crippen molar-refractivity contribution < 1.29 is 14.3 Å². The summed E-state index contributed by atoms with van der Waals surface area (Å²) in [6.45, 7) is 5.66. The van der Waals surface area contributed by atoms with Crippen LogP contribution in [0.5, 0.6) is 5.75 Å². The Labute approximate surface area is 188 Å². The molecule has 2 heterocycles. The van der Waals surface area contributed by atoms with Gasteiger partial charge < -0.3 is 19.9 Å². The molecule has 0 radical (unpaired) electrons. The van der Waals surface area contributed by atoms with E-state index in [4.69, 9.17) is 4.74 Å². The topological polar surface area (TPSA) is 111 Å². The smallest absolute Gasteiger partial charge is 0.239 e. The number of carbonyl (C=O) groups excluding carboxylic acids is 2. The first-order chi connectivity index (χ1) is 14.8. The molecule has 0 spiro atoms. The Morgan fingerprint density at radius 3 is 2.71 bits per heavy atom. The van der Waals surface area contributed by atoms with Crippen molar-refractivity contribution in [3.8, 4) is 5.75 Å². The molecule has 164 valence electrons. The number of nitrogens with zero attached hydrogens (tertiary/aromatic N) is 4. The monoisotopic (exact) mass is 460 g/mol. The van der Waals surface area contributed by atoms with Gasteiger partial charge in [0.1, 0.15) is 11.6 Å². The highest BCUT2D eigenvalue weighted by Gasteiger charge is 2.21. The van der Waals surface area contributed by atoms with E-state index < -0.39 is 5.25 Å². The van der Waals surface area contributed by atoms with Gasteiger partial charge in [0.25, 0.3) is 0 Å². The van der Waals surface area contributed by atoms with E-state index in [1.165, 1.54) is 23.1 Å². The minimum Gasteiger partial charge on any atom is -0.497 e. The molecule has 0 unspecified atom stereocenters. The van der Waals surface area contributed by atoms with Crippen LogP contribution in [0.1, 0.15) is 23.3 Å². The summed E-state index contributed by atoms with van der Waals surface area (Å²) in [4.78, 5) is 30.3. The third kappa shape index (κ3) is 5.82. The van der Waals surface area contributed by atoms with E-state index >= 15 is 0 Å². The number of aromatic nitrogens is 4. The Morgan fingerprint density at radius 2 is 2.03 bits per heavy atom. The van der Waals surface area contributed by atoms with Gasteiger partial charge in [0.15, 0.2) is 10.3 Å². The summed E-state index contributed by atoms with van der Waals surface area (Å²) in [7, 11) is 3.34. The Bertz CT molecular complexity index is 1080. The van der Waals surface area contributed by atoms with Crippen LogP contribution in [0.4, 0.5) is 10.8 Å². The third-order valence-electron chi connectivity index (χ3n) is 4.51. The summed E-state index contributed by atoms with van der Waals surface area (Å²) in [5.41, 5.74) is 1.55. The Balaban J connectivity index is 1.58. The van der Waals surface area contributed by atoms with Crippen LogP contribution in [0.25, 0.3) is 0 Å². The van der Waals surface area contributed by atoms with Gasteiger partial charge in [0.05, 0.1) is 24.5 Å². The first-order valence-electron chi connectivity index (χ1n) is 9.50. The lowest BCUT2D eigenvalue weighted by molar-refractivity contribution is -0.116. The van der Waals surface area contributed by atoms with Gasteiger partial charge in [-0.2, -0.15) is 0 Å². The molecule has 9 nitrogen and oxygen atoms in total. The SMILES string of the molecule is COc1cccc(NC(=O)Cc2nnc(S[C@@H](C)C(=O)Nc3nc(C)c(C)s3)n2C)c1. The van der Waals surface area contributed by atoms with E-state index in [1.54, 1.807) is 49.9 Å². The van der Waals surface area contributed by atoms with Crippen molar-refractivity contribution >= 4 is 45.7 Å². The molecule has 0 saturated heterocycles. The molecular weight excluding hydrogens is 436 g/mol. The van der Waals surface area contributed by atoms with Crippen molar-refractivity contribution in [3.05, 3.63) is 40.7 Å². The predicted octanol–water partition coefficient (Wildman–Crippen LogP) is 3.20. The maximum Gasteiger partial charge on any atom is 0.239 e. The normalized spacial score (nSPS) is 11.8. The van der Waals surface area contributed by atoms with Crippen molar-refractivity contribution in [3.63, 3.8) is 0 Å². The number of benzene rings is 1. The molecule has 2 amide bonds. The summed E-state index contributed by atoms with van der Waals surface area (Å²) < 4.78 is 6.88. The number of amides is 2. The summed E-state index contributed by atoms with van der Waals surface area (Å²) in [5.74, 6) is 0.770. The van der Waals surface area contributed by atoms with Gasteiger partial charge in [0.2, 0.25) is 11.8 Å². The maximum atomic E-state index is 12.5. The molecule has 1 aromatic carbocycles. The summed E-state index contributed by atoms with van der Waals surface area (Å²) in [5, 5.41) is 14.6. The maximum absolute atomic E-state index is 12.5. The Morgan fingerprint density at radius 1 is 1.26 bits per heavy atom. The summed E-state index contributed by atoms with van der Waals surface area (Å²) in [6, 6.07) is 7.12. The molecule has 3 rings (SSSR count).